The number of carbonyl (C=O) groups is 2. The van der Waals surface area contributed by atoms with Crippen LogP contribution in [0.25, 0.3) is 0 Å². The fourth-order valence-electron chi connectivity index (χ4n) is 2.71. The summed E-state index contributed by atoms with van der Waals surface area (Å²) in [4.78, 5) is 25.8. The average Bonchev–Trinajstić information content (AvgIpc) is 3.28. The van der Waals surface area contributed by atoms with Gasteiger partial charge in [-0.1, -0.05) is 12.1 Å². The van der Waals surface area contributed by atoms with Crippen LogP contribution in [0.2, 0.25) is 0 Å². The number of amides is 1. The molecule has 2 aliphatic rings. The lowest BCUT2D eigenvalue weighted by Crippen LogP contribution is -2.28. The minimum Gasteiger partial charge on any atom is -0.497 e. The average molecular weight is 303 g/mol. The van der Waals surface area contributed by atoms with Gasteiger partial charge in [-0.3, -0.25) is 9.59 Å². The SMILES string of the molecule is COc1ccc(COC(=O)C2CC(=O)N(CC3CC3)C2)cc1. The molecule has 1 amide bonds. The van der Waals surface area contributed by atoms with Crippen LogP contribution in [0.1, 0.15) is 24.8 Å². The maximum Gasteiger partial charge on any atom is 0.311 e. The minimum absolute atomic E-state index is 0.0818. The summed E-state index contributed by atoms with van der Waals surface area (Å²) in [6.07, 6.45) is 2.70. The van der Waals surface area contributed by atoms with Crippen LogP contribution in [0.15, 0.2) is 24.3 Å². The van der Waals surface area contributed by atoms with E-state index in [4.69, 9.17) is 9.47 Å². The molecular weight excluding hydrogens is 282 g/mol. The lowest BCUT2D eigenvalue weighted by molar-refractivity contribution is -0.149. The van der Waals surface area contributed by atoms with E-state index >= 15 is 0 Å². The summed E-state index contributed by atoms with van der Waals surface area (Å²) in [6.45, 7) is 1.55. The van der Waals surface area contributed by atoms with Gasteiger partial charge in [0.15, 0.2) is 0 Å². The molecule has 1 aromatic rings. The van der Waals surface area contributed by atoms with Gasteiger partial charge < -0.3 is 14.4 Å². The monoisotopic (exact) mass is 303 g/mol. The van der Waals surface area contributed by atoms with Crippen molar-refractivity contribution in [2.75, 3.05) is 20.2 Å². The number of carbonyl (C=O) groups excluding carboxylic acids is 2. The Labute approximate surface area is 130 Å². The topological polar surface area (TPSA) is 55.8 Å². The van der Waals surface area contributed by atoms with Gasteiger partial charge in [-0.15, -0.1) is 0 Å². The van der Waals surface area contributed by atoms with Crippen molar-refractivity contribution in [1.29, 1.82) is 0 Å². The molecule has 1 heterocycles. The summed E-state index contributed by atoms with van der Waals surface area (Å²) in [7, 11) is 1.61. The van der Waals surface area contributed by atoms with Crippen molar-refractivity contribution >= 4 is 11.9 Å². The first kappa shape index (κ1) is 14.9. The Hall–Kier alpha value is -2.04. The van der Waals surface area contributed by atoms with Crippen molar-refractivity contribution < 1.29 is 19.1 Å². The minimum atomic E-state index is -0.315. The van der Waals surface area contributed by atoms with Crippen molar-refractivity contribution in [1.82, 2.24) is 4.90 Å². The van der Waals surface area contributed by atoms with Gasteiger partial charge in [0.05, 0.1) is 13.0 Å². The molecule has 0 radical (unpaired) electrons. The maximum absolute atomic E-state index is 12.1. The second-order valence-electron chi connectivity index (χ2n) is 6.10. The Morgan fingerprint density at radius 1 is 1.27 bits per heavy atom. The zero-order valence-electron chi connectivity index (χ0n) is 12.8. The Balaban J connectivity index is 1.48. The highest BCUT2D eigenvalue weighted by atomic mass is 16.5. The Morgan fingerprint density at radius 3 is 2.64 bits per heavy atom. The second kappa shape index (κ2) is 6.38. The molecule has 5 heteroatoms. The molecule has 0 spiro atoms. The largest absolute Gasteiger partial charge is 0.497 e. The first-order valence-electron chi connectivity index (χ1n) is 7.73. The number of rotatable bonds is 6. The van der Waals surface area contributed by atoms with Gasteiger partial charge in [-0.05, 0) is 36.5 Å². The van der Waals surface area contributed by atoms with Crippen molar-refractivity contribution in [3.63, 3.8) is 0 Å². The van der Waals surface area contributed by atoms with E-state index in [1.165, 1.54) is 12.8 Å². The lowest BCUT2D eigenvalue weighted by Gasteiger charge is -2.15. The van der Waals surface area contributed by atoms with Gasteiger partial charge in [0.1, 0.15) is 12.4 Å². The summed E-state index contributed by atoms with van der Waals surface area (Å²) in [5, 5.41) is 0. The molecule has 1 saturated carbocycles. The van der Waals surface area contributed by atoms with E-state index < -0.39 is 0 Å². The number of hydrogen-bond donors (Lipinski definition) is 0. The van der Waals surface area contributed by atoms with Crippen LogP contribution < -0.4 is 4.74 Å². The number of nitrogens with zero attached hydrogens (tertiary/aromatic N) is 1. The molecule has 2 fully saturated rings. The van der Waals surface area contributed by atoms with Crippen molar-refractivity contribution in [3.8, 4) is 5.75 Å². The maximum atomic E-state index is 12.1. The van der Waals surface area contributed by atoms with E-state index in [1.54, 1.807) is 7.11 Å². The van der Waals surface area contributed by atoms with Gasteiger partial charge in [0, 0.05) is 19.5 Å². The molecule has 1 unspecified atom stereocenters. The molecule has 1 atom stereocenters. The molecule has 1 saturated heterocycles. The first-order chi connectivity index (χ1) is 10.7. The third kappa shape index (κ3) is 3.59. The second-order valence-corrected chi connectivity index (χ2v) is 6.10. The molecule has 5 nitrogen and oxygen atoms in total. The highest BCUT2D eigenvalue weighted by molar-refractivity contribution is 5.86. The van der Waals surface area contributed by atoms with Crippen LogP contribution in [0, 0.1) is 11.8 Å². The van der Waals surface area contributed by atoms with E-state index in [0.717, 1.165) is 17.9 Å². The first-order valence-corrected chi connectivity index (χ1v) is 7.73. The van der Waals surface area contributed by atoms with Crippen molar-refractivity contribution in [3.05, 3.63) is 29.8 Å². The summed E-state index contributed by atoms with van der Waals surface area (Å²) in [5.74, 6) is 0.912. The zero-order valence-corrected chi connectivity index (χ0v) is 12.8. The molecule has 1 aromatic carbocycles. The van der Waals surface area contributed by atoms with Crippen LogP contribution in [-0.4, -0.2) is 37.0 Å². The normalized spacial score (nSPS) is 21.0. The number of esters is 1. The van der Waals surface area contributed by atoms with Gasteiger partial charge in [0.2, 0.25) is 5.91 Å². The Bertz CT molecular complexity index is 550. The third-order valence-corrected chi connectivity index (χ3v) is 4.26. The Morgan fingerprint density at radius 2 is 2.00 bits per heavy atom. The van der Waals surface area contributed by atoms with Gasteiger partial charge in [-0.2, -0.15) is 0 Å². The molecular formula is C17H21NO4. The quantitative estimate of drug-likeness (QED) is 0.754. The van der Waals surface area contributed by atoms with E-state index in [9.17, 15) is 9.59 Å². The standard InChI is InChI=1S/C17H21NO4/c1-21-15-6-4-13(5-7-15)11-22-17(20)14-8-16(19)18(10-14)9-12-2-3-12/h4-7,12,14H,2-3,8-11H2,1H3. The predicted octanol–water partition coefficient (Wildman–Crippen LogP) is 2.00. The number of ether oxygens (including phenoxy) is 2. The molecule has 0 bridgehead atoms. The van der Waals surface area contributed by atoms with Crippen molar-refractivity contribution in [2.24, 2.45) is 11.8 Å². The van der Waals surface area contributed by atoms with Gasteiger partial charge in [-0.25, -0.2) is 0 Å². The fourth-order valence-corrected chi connectivity index (χ4v) is 2.71. The molecule has 22 heavy (non-hydrogen) atoms. The third-order valence-electron chi connectivity index (χ3n) is 4.26. The van der Waals surface area contributed by atoms with Crippen LogP contribution in [0.4, 0.5) is 0 Å². The predicted molar refractivity (Wildman–Crippen MR) is 80.2 cm³/mol. The fraction of sp³-hybridized carbons (Fsp3) is 0.529. The molecule has 3 rings (SSSR count). The lowest BCUT2D eigenvalue weighted by atomic mass is 10.1. The highest BCUT2D eigenvalue weighted by Crippen LogP contribution is 2.32. The Kier molecular flexibility index (Phi) is 4.32. The van der Waals surface area contributed by atoms with Crippen LogP contribution in [-0.2, 0) is 20.9 Å². The smallest absolute Gasteiger partial charge is 0.311 e. The van der Waals surface area contributed by atoms with Crippen LogP contribution >= 0.6 is 0 Å². The van der Waals surface area contributed by atoms with Crippen LogP contribution in [0.5, 0.6) is 5.75 Å². The zero-order chi connectivity index (χ0) is 15.5. The molecule has 118 valence electrons. The number of benzene rings is 1. The number of likely N-dealkylation sites (tertiary alicyclic amines) is 1. The van der Waals surface area contributed by atoms with Crippen molar-refractivity contribution in [2.45, 2.75) is 25.9 Å². The van der Waals surface area contributed by atoms with Crippen LogP contribution in [0.3, 0.4) is 0 Å². The molecule has 1 aliphatic heterocycles. The van der Waals surface area contributed by atoms with E-state index in [1.807, 2.05) is 29.2 Å². The summed E-state index contributed by atoms with van der Waals surface area (Å²) in [6, 6.07) is 7.40. The molecule has 1 aliphatic carbocycles. The van der Waals surface area contributed by atoms with E-state index in [2.05, 4.69) is 0 Å². The van der Waals surface area contributed by atoms with E-state index in [0.29, 0.717) is 12.5 Å². The van der Waals surface area contributed by atoms with Gasteiger partial charge in [0.25, 0.3) is 0 Å². The van der Waals surface area contributed by atoms with Gasteiger partial charge >= 0.3 is 5.97 Å². The number of methoxy groups -OCH3 is 1. The summed E-state index contributed by atoms with van der Waals surface area (Å²) in [5.41, 5.74) is 0.910. The highest BCUT2D eigenvalue weighted by Gasteiger charge is 2.37. The molecule has 0 N–H and O–H groups in total. The summed E-state index contributed by atoms with van der Waals surface area (Å²) >= 11 is 0. The summed E-state index contributed by atoms with van der Waals surface area (Å²) < 4.78 is 10.4. The number of hydrogen-bond acceptors (Lipinski definition) is 4. The van der Waals surface area contributed by atoms with E-state index in [-0.39, 0.29) is 30.8 Å². The molecule has 0 aromatic heterocycles.